The van der Waals surface area contributed by atoms with Gasteiger partial charge in [0.05, 0.1) is 5.92 Å². The molecule has 2 amide bonds. The van der Waals surface area contributed by atoms with E-state index in [2.05, 4.69) is 41.0 Å². The summed E-state index contributed by atoms with van der Waals surface area (Å²) in [6.07, 6.45) is 0.365. The van der Waals surface area contributed by atoms with Gasteiger partial charge in [-0.25, -0.2) is 0 Å². The van der Waals surface area contributed by atoms with Crippen molar-refractivity contribution in [2.45, 2.75) is 13.3 Å². The molecule has 0 radical (unpaired) electrons. The molecule has 2 heterocycles. The van der Waals surface area contributed by atoms with Gasteiger partial charge in [0.15, 0.2) is 0 Å². The highest BCUT2D eigenvalue weighted by molar-refractivity contribution is 5.89. The first-order chi connectivity index (χ1) is 12.5. The molecule has 3 rings (SSSR count). The Morgan fingerprint density at radius 3 is 2.50 bits per heavy atom. The van der Waals surface area contributed by atoms with Crippen LogP contribution in [0.5, 0.6) is 0 Å². The van der Waals surface area contributed by atoms with Crippen molar-refractivity contribution in [3.63, 3.8) is 0 Å². The molecule has 26 heavy (non-hydrogen) atoms. The quantitative estimate of drug-likeness (QED) is 0.790. The molecule has 0 aromatic heterocycles. The zero-order valence-corrected chi connectivity index (χ0v) is 16.1. The van der Waals surface area contributed by atoms with Crippen molar-refractivity contribution < 1.29 is 9.59 Å². The molecule has 6 nitrogen and oxygen atoms in total. The lowest BCUT2D eigenvalue weighted by molar-refractivity contribution is -0.136. The monoisotopic (exact) mass is 358 g/mol. The van der Waals surface area contributed by atoms with Gasteiger partial charge < -0.3 is 19.6 Å². The summed E-state index contributed by atoms with van der Waals surface area (Å²) in [4.78, 5) is 33.2. The minimum atomic E-state index is -0.172. The number of anilines is 1. The van der Waals surface area contributed by atoms with Gasteiger partial charge in [-0.05, 0) is 32.6 Å². The average Bonchev–Trinajstić information content (AvgIpc) is 3.01. The van der Waals surface area contributed by atoms with Crippen LogP contribution in [0.3, 0.4) is 0 Å². The third-order valence-electron chi connectivity index (χ3n) is 5.43. The van der Waals surface area contributed by atoms with Crippen molar-refractivity contribution in [3.05, 3.63) is 29.8 Å². The summed E-state index contributed by atoms with van der Waals surface area (Å²) in [6.45, 7) is 7.40. The molecular weight excluding hydrogens is 328 g/mol. The first-order valence-electron chi connectivity index (χ1n) is 9.47. The van der Waals surface area contributed by atoms with Crippen molar-refractivity contribution in [1.29, 1.82) is 0 Å². The van der Waals surface area contributed by atoms with E-state index in [-0.39, 0.29) is 17.7 Å². The number of likely N-dealkylation sites (N-methyl/N-ethyl adjacent to an activating group) is 1. The van der Waals surface area contributed by atoms with E-state index in [0.717, 1.165) is 32.7 Å². The lowest BCUT2D eigenvalue weighted by Crippen LogP contribution is -2.51. The van der Waals surface area contributed by atoms with Gasteiger partial charge in [-0.15, -0.1) is 0 Å². The number of carbonyl (C=O) groups excluding carboxylic acids is 2. The molecule has 1 aromatic rings. The second kappa shape index (κ2) is 8.08. The molecule has 0 saturated carbocycles. The second-order valence-corrected chi connectivity index (χ2v) is 7.64. The summed E-state index contributed by atoms with van der Waals surface area (Å²) in [7, 11) is 3.99. The van der Waals surface area contributed by atoms with Crippen molar-refractivity contribution >= 4 is 17.5 Å². The molecule has 142 valence electrons. The van der Waals surface area contributed by atoms with E-state index in [1.54, 1.807) is 0 Å². The number of piperazine rings is 1. The summed E-state index contributed by atoms with van der Waals surface area (Å²) < 4.78 is 0. The number of aryl methyl sites for hydroxylation is 1. The minimum absolute atomic E-state index is 0.115. The molecule has 0 unspecified atom stereocenters. The molecule has 0 N–H and O–H groups in total. The lowest BCUT2D eigenvalue weighted by Gasteiger charge is -2.37. The van der Waals surface area contributed by atoms with E-state index in [1.165, 1.54) is 11.3 Å². The highest BCUT2D eigenvalue weighted by Gasteiger charge is 2.37. The van der Waals surface area contributed by atoms with Crippen LogP contribution < -0.4 is 4.90 Å². The molecular formula is C20H30N4O2. The van der Waals surface area contributed by atoms with Crippen LogP contribution in [-0.4, -0.2) is 86.4 Å². The molecule has 2 aliphatic heterocycles. The van der Waals surface area contributed by atoms with E-state index < -0.39 is 0 Å². The van der Waals surface area contributed by atoms with E-state index >= 15 is 0 Å². The summed E-state index contributed by atoms with van der Waals surface area (Å²) in [6, 6.07) is 8.38. The Morgan fingerprint density at radius 1 is 1.15 bits per heavy atom. The van der Waals surface area contributed by atoms with Gasteiger partial charge in [-0.1, -0.05) is 18.2 Å². The number of benzene rings is 1. The number of nitrogens with zero attached hydrogens (tertiary/aromatic N) is 4. The molecule has 2 fully saturated rings. The highest BCUT2D eigenvalue weighted by atomic mass is 16.2. The standard InChI is InChI=1S/C20H30N4O2/c1-16-6-4-5-7-18(16)22-10-12-23(13-11-22)20(26)17-14-19(25)24(15-17)9-8-21(2)3/h4-7,17H,8-15H2,1-3H3/t17-/m0/s1. The Hall–Kier alpha value is -2.08. The minimum Gasteiger partial charge on any atom is -0.368 e. The first-order valence-corrected chi connectivity index (χ1v) is 9.47. The molecule has 6 heteroatoms. The summed E-state index contributed by atoms with van der Waals surface area (Å²) >= 11 is 0. The number of para-hydroxylation sites is 1. The maximum atomic E-state index is 12.9. The zero-order valence-electron chi connectivity index (χ0n) is 16.1. The third-order valence-corrected chi connectivity index (χ3v) is 5.43. The Labute approximate surface area is 156 Å². The van der Waals surface area contributed by atoms with Gasteiger partial charge in [0, 0.05) is 57.9 Å². The van der Waals surface area contributed by atoms with Crippen molar-refractivity contribution in [3.8, 4) is 0 Å². The fraction of sp³-hybridized carbons (Fsp3) is 0.600. The summed E-state index contributed by atoms with van der Waals surface area (Å²) in [5, 5.41) is 0. The number of amides is 2. The maximum Gasteiger partial charge on any atom is 0.228 e. The van der Waals surface area contributed by atoms with Crippen LogP contribution in [0.2, 0.25) is 0 Å². The SMILES string of the molecule is Cc1ccccc1N1CCN(C(=O)[C@H]2CC(=O)N(CCN(C)C)C2)CC1. The van der Waals surface area contributed by atoms with Gasteiger partial charge in [0.25, 0.3) is 0 Å². The van der Waals surface area contributed by atoms with E-state index in [0.29, 0.717) is 19.5 Å². The topological polar surface area (TPSA) is 47.1 Å². The van der Waals surface area contributed by atoms with Crippen molar-refractivity contribution in [2.75, 3.05) is 64.8 Å². The number of likely N-dealkylation sites (tertiary alicyclic amines) is 1. The number of hydrogen-bond donors (Lipinski definition) is 0. The molecule has 0 spiro atoms. The number of carbonyl (C=O) groups is 2. The predicted octanol–water partition coefficient (Wildman–Crippen LogP) is 1.05. The summed E-state index contributed by atoms with van der Waals surface area (Å²) in [5.41, 5.74) is 2.52. The molecule has 0 aliphatic carbocycles. The van der Waals surface area contributed by atoms with Crippen LogP contribution in [-0.2, 0) is 9.59 Å². The molecule has 1 atom stereocenters. The van der Waals surface area contributed by atoms with E-state index in [4.69, 9.17) is 0 Å². The predicted molar refractivity (Wildman–Crippen MR) is 103 cm³/mol. The van der Waals surface area contributed by atoms with Gasteiger partial charge in [-0.2, -0.15) is 0 Å². The zero-order chi connectivity index (χ0) is 18.7. The van der Waals surface area contributed by atoms with Crippen LogP contribution in [0.25, 0.3) is 0 Å². The van der Waals surface area contributed by atoms with E-state index in [9.17, 15) is 9.59 Å². The van der Waals surface area contributed by atoms with Gasteiger partial charge in [-0.3, -0.25) is 9.59 Å². The Kier molecular flexibility index (Phi) is 5.81. The smallest absolute Gasteiger partial charge is 0.228 e. The van der Waals surface area contributed by atoms with E-state index in [1.807, 2.05) is 23.9 Å². The van der Waals surface area contributed by atoms with Crippen LogP contribution in [0.4, 0.5) is 5.69 Å². The fourth-order valence-electron chi connectivity index (χ4n) is 3.82. The summed E-state index contributed by atoms with van der Waals surface area (Å²) in [5.74, 6) is 0.0913. The van der Waals surface area contributed by atoms with Gasteiger partial charge in [0.1, 0.15) is 0 Å². The first kappa shape index (κ1) is 18.7. The third kappa shape index (κ3) is 4.18. The normalized spacial score (nSPS) is 21.0. The van der Waals surface area contributed by atoms with Crippen molar-refractivity contribution in [1.82, 2.24) is 14.7 Å². The molecule has 2 aliphatic rings. The van der Waals surface area contributed by atoms with Crippen LogP contribution in [0.1, 0.15) is 12.0 Å². The molecule has 0 bridgehead atoms. The fourth-order valence-corrected chi connectivity index (χ4v) is 3.82. The van der Waals surface area contributed by atoms with Crippen LogP contribution >= 0.6 is 0 Å². The number of rotatable bonds is 5. The lowest BCUT2D eigenvalue weighted by atomic mass is 10.1. The van der Waals surface area contributed by atoms with Crippen LogP contribution in [0.15, 0.2) is 24.3 Å². The van der Waals surface area contributed by atoms with Crippen LogP contribution in [0, 0.1) is 12.8 Å². The second-order valence-electron chi connectivity index (χ2n) is 7.64. The van der Waals surface area contributed by atoms with Gasteiger partial charge in [0.2, 0.25) is 11.8 Å². The Bertz CT molecular complexity index is 653. The molecule has 2 saturated heterocycles. The Morgan fingerprint density at radius 2 is 1.85 bits per heavy atom. The van der Waals surface area contributed by atoms with Gasteiger partial charge >= 0.3 is 0 Å². The highest BCUT2D eigenvalue weighted by Crippen LogP contribution is 2.24. The molecule has 1 aromatic carbocycles. The van der Waals surface area contributed by atoms with Crippen molar-refractivity contribution in [2.24, 2.45) is 5.92 Å². The maximum absolute atomic E-state index is 12.9. The largest absolute Gasteiger partial charge is 0.368 e. The number of hydrogen-bond acceptors (Lipinski definition) is 4. The Balaban J connectivity index is 1.53. The average molecular weight is 358 g/mol.